The molecule has 6 nitrogen and oxygen atoms in total. The Hall–Kier alpha value is -2.37. The predicted octanol–water partition coefficient (Wildman–Crippen LogP) is 2.64. The number of carboxylic acid groups (broad SMARTS) is 1. The van der Waals surface area contributed by atoms with Crippen LogP contribution in [0, 0.1) is 5.92 Å². The molecule has 0 saturated heterocycles. The highest BCUT2D eigenvalue weighted by Gasteiger charge is 2.18. The first-order valence-electron chi connectivity index (χ1n) is 7.41. The maximum Gasteiger partial charge on any atom is 0.358 e. The number of rotatable bonds is 8. The number of para-hydroxylation sites is 1. The lowest BCUT2D eigenvalue weighted by molar-refractivity contribution is 0.0689. The smallest absolute Gasteiger partial charge is 0.358 e. The van der Waals surface area contributed by atoms with Crippen LogP contribution in [0.15, 0.2) is 30.3 Å². The van der Waals surface area contributed by atoms with Gasteiger partial charge < -0.3 is 9.84 Å². The van der Waals surface area contributed by atoms with Crippen molar-refractivity contribution in [3.63, 3.8) is 0 Å². The summed E-state index contributed by atoms with van der Waals surface area (Å²) < 4.78 is 7.31. The van der Waals surface area contributed by atoms with E-state index in [1.807, 2.05) is 30.3 Å². The summed E-state index contributed by atoms with van der Waals surface area (Å²) in [6, 6.07) is 9.44. The average molecular weight is 303 g/mol. The lowest BCUT2D eigenvalue weighted by Gasteiger charge is -2.10. The third-order valence-electron chi connectivity index (χ3n) is 3.31. The number of hydrogen-bond acceptors (Lipinski definition) is 4. The van der Waals surface area contributed by atoms with Gasteiger partial charge in [0.05, 0.1) is 12.3 Å². The van der Waals surface area contributed by atoms with Gasteiger partial charge in [0.15, 0.2) is 5.69 Å². The molecule has 0 aliphatic rings. The molecule has 0 atom stereocenters. The molecule has 1 heterocycles. The van der Waals surface area contributed by atoms with Gasteiger partial charge >= 0.3 is 5.97 Å². The maximum atomic E-state index is 11.2. The van der Waals surface area contributed by atoms with Crippen molar-refractivity contribution in [3.8, 4) is 5.75 Å². The van der Waals surface area contributed by atoms with Crippen molar-refractivity contribution in [2.45, 2.75) is 33.2 Å². The zero-order valence-electron chi connectivity index (χ0n) is 12.9. The third kappa shape index (κ3) is 4.31. The van der Waals surface area contributed by atoms with E-state index in [1.54, 1.807) is 4.68 Å². The van der Waals surface area contributed by atoms with Crippen LogP contribution in [0.1, 0.15) is 36.5 Å². The van der Waals surface area contributed by atoms with Gasteiger partial charge in [-0.15, -0.1) is 5.10 Å². The molecular formula is C16H21N3O3. The maximum absolute atomic E-state index is 11.2. The summed E-state index contributed by atoms with van der Waals surface area (Å²) in [5.74, 6) is 0.233. The molecule has 2 rings (SSSR count). The molecule has 118 valence electrons. The van der Waals surface area contributed by atoms with E-state index in [9.17, 15) is 9.90 Å². The fourth-order valence-electron chi connectivity index (χ4n) is 2.09. The zero-order chi connectivity index (χ0) is 15.9. The van der Waals surface area contributed by atoms with Crippen LogP contribution in [0.4, 0.5) is 0 Å². The molecule has 0 spiro atoms. The molecule has 6 heteroatoms. The number of ether oxygens (including phenoxy) is 1. The summed E-state index contributed by atoms with van der Waals surface area (Å²) in [6.45, 7) is 5.29. The number of aryl methyl sites for hydroxylation is 1. The average Bonchev–Trinajstić information content (AvgIpc) is 2.89. The predicted molar refractivity (Wildman–Crippen MR) is 82.1 cm³/mol. The molecule has 0 amide bonds. The molecule has 1 aromatic heterocycles. The Morgan fingerprint density at radius 3 is 2.68 bits per heavy atom. The fourth-order valence-corrected chi connectivity index (χ4v) is 2.09. The zero-order valence-corrected chi connectivity index (χ0v) is 12.9. The van der Waals surface area contributed by atoms with E-state index in [2.05, 4.69) is 24.2 Å². The molecule has 22 heavy (non-hydrogen) atoms. The van der Waals surface area contributed by atoms with E-state index >= 15 is 0 Å². The number of aromatic carboxylic acids is 1. The molecule has 0 aliphatic carbocycles. The first kappa shape index (κ1) is 16.0. The molecule has 2 aromatic rings. The van der Waals surface area contributed by atoms with Gasteiger partial charge in [0.2, 0.25) is 0 Å². The van der Waals surface area contributed by atoms with E-state index in [0.29, 0.717) is 31.2 Å². The summed E-state index contributed by atoms with van der Waals surface area (Å²) in [4.78, 5) is 11.2. The molecule has 0 unspecified atom stereocenters. The summed E-state index contributed by atoms with van der Waals surface area (Å²) in [7, 11) is 0. The van der Waals surface area contributed by atoms with E-state index in [-0.39, 0.29) is 5.69 Å². The van der Waals surface area contributed by atoms with Gasteiger partial charge in [0.1, 0.15) is 5.75 Å². The summed E-state index contributed by atoms with van der Waals surface area (Å²) in [6.07, 6.45) is 1.39. The minimum atomic E-state index is -1.05. The molecule has 1 aromatic carbocycles. The van der Waals surface area contributed by atoms with Crippen molar-refractivity contribution in [1.29, 1.82) is 0 Å². The monoisotopic (exact) mass is 303 g/mol. The van der Waals surface area contributed by atoms with Crippen molar-refractivity contribution in [2.24, 2.45) is 5.92 Å². The first-order valence-corrected chi connectivity index (χ1v) is 7.41. The minimum absolute atomic E-state index is 0.0143. The Kier molecular flexibility index (Phi) is 5.52. The van der Waals surface area contributed by atoms with Gasteiger partial charge in [-0.2, -0.15) is 0 Å². The Labute approximate surface area is 129 Å². The Morgan fingerprint density at radius 1 is 1.32 bits per heavy atom. The van der Waals surface area contributed by atoms with Gasteiger partial charge in [-0.05, 0) is 24.5 Å². The number of carbonyl (C=O) groups is 1. The second kappa shape index (κ2) is 7.59. The molecule has 0 radical (unpaired) electrons. The van der Waals surface area contributed by atoms with Crippen LogP contribution >= 0.6 is 0 Å². The second-order valence-corrected chi connectivity index (χ2v) is 5.51. The van der Waals surface area contributed by atoms with Crippen LogP contribution in [-0.4, -0.2) is 32.7 Å². The van der Waals surface area contributed by atoms with Gasteiger partial charge in [-0.3, -0.25) is 0 Å². The normalized spacial score (nSPS) is 10.9. The highest BCUT2D eigenvalue weighted by Crippen LogP contribution is 2.12. The van der Waals surface area contributed by atoms with Crippen LogP contribution < -0.4 is 4.74 Å². The third-order valence-corrected chi connectivity index (χ3v) is 3.31. The molecular weight excluding hydrogens is 282 g/mol. The van der Waals surface area contributed by atoms with Crippen LogP contribution in [0.3, 0.4) is 0 Å². The molecule has 0 fully saturated rings. The largest absolute Gasteiger partial charge is 0.493 e. The topological polar surface area (TPSA) is 77.2 Å². The summed E-state index contributed by atoms with van der Waals surface area (Å²) >= 11 is 0. The quantitative estimate of drug-likeness (QED) is 0.811. The van der Waals surface area contributed by atoms with Gasteiger partial charge in [0.25, 0.3) is 0 Å². The van der Waals surface area contributed by atoms with Crippen LogP contribution in [-0.2, 0) is 13.0 Å². The number of benzene rings is 1. The summed E-state index contributed by atoms with van der Waals surface area (Å²) in [5, 5.41) is 17.0. The molecule has 0 saturated carbocycles. The minimum Gasteiger partial charge on any atom is -0.493 e. The van der Waals surface area contributed by atoms with Crippen molar-refractivity contribution < 1.29 is 14.6 Å². The van der Waals surface area contributed by atoms with Crippen LogP contribution in [0.25, 0.3) is 0 Å². The van der Waals surface area contributed by atoms with E-state index in [4.69, 9.17) is 4.74 Å². The number of hydrogen-bond donors (Lipinski definition) is 1. The first-order chi connectivity index (χ1) is 10.6. The van der Waals surface area contributed by atoms with Gasteiger partial charge in [-0.25, -0.2) is 9.48 Å². The number of aromatic nitrogens is 3. The number of carboxylic acids is 1. The van der Waals surface area contributed by atoms with E-state index in [1.165, 1.54) is 0 Å². The molecule has 1 N–H and O–H groups in total. The molecule has 0 bridgehead atoms. The Bertz CT molecular complexity index is 608. The van der Waals surface area contributed by atoms with Crippen molar-refractivity contribution in [3.05, 3.63) is 41.7 Å². The highest BCUT2D eigenvalue weighted by molar-refractivity contribution is 5.86. The Morgan fingerprint density at radius 2 is 2.05 bits per heavy atom. The second-order valence-electron chi connectivity index (χ2n) is 5.51. The Balaban J connectivity index is 2.03. The van der Waals surface area contributed by atoms with E-state index in [0.717, 1.165) is 12.2 Å². The van der Waals surface area contributed by atoms with Gasteiger partial charge in [-0.1, -0.05) is 37.3 Å². The highest BCUT2D eigenvalue weighted by atomic mass is 16.5. The van der Waals surface area contributed by atoms with E-state index < -0.39 is 5.97 Å². The van der Waals surface area contributed by atoms with Crippen molar-refractivity contribution in [1.82, 2.24) is 15.0 Å². The molecule has 0 aliphatic heterocycles. The lowest BCUT2D eigenvalue weighted by atomic mass is 10.1. The van der Waals surface area contributed by atoms with Crippen LogP contribution in [0.2, 0.25) is 0 Å². The fraction of sp³-hybridized carbons (Fsp3) is 0.438. The van der Waals surface area contributed by atoms with Crippen LogP contribution in [0.5, 0.6) is 5.75 Å². The number of nitrogens with zero attached hydrogens (tertiary/aromatic N) is 3. The SMILES string of the molecule is CC(C)CCn1nnc(C(=O)O)c1CCOc1ccccc1. The standard InChI is InChI=1S/C16H21N3O3/c1-12(2)8-10-19-14(15(16(20)21)17-18-19)9-11-22-13-6-4-3-5-7-13/h3-7,12H,8-11H2,1-2H3,(H,20,21). The summed E-state index contributed by atoms with van der Waals surface area (Å²) in [5.41, 5.74) is 0.629. The van der Waals surface area contributed by atoms with Gasteiger partial charge in [0, 0.05) is 13.0 Å². The lowest BCUT2D eigenvalue weighted by Crippen LogP contribution is -2.13. The van der Waals surface area contributed by atoms with Crippen molar-refractivity contribution >= 4 is 5.97 Å². The van der Waals surface area contributed by atoms with Crippen molar-refractivity contribution in [2.75, 3.05) is 6.61 Å².